The van der Waals surface area contributed by atoms with Crippen LogP contribution in [0.3, 0.4) is 0 Å². The predicted molar refractivity (Wildman–Crippen MR) is 60.8 cm³/mol. The molecule has 0 fully saturated rings. The number of hydrogen-bond acceptors (Lipinski definition) is 2. The van der Waals surface area contributed by atoms with Gasteiger partial charge in [-0.25, -0.2) is 0 Å². The van der Waals surface area contributed by atoms with Crippen molar-refractivity contribution >= 4 is 5.97 Å². The maximum Gasteiger partial charge on any atom is 0.313 e. The zero-order valence-electron chi connectivity index (χ0n) is 9.19. The minimum atomic E-state index is -0.229. The Morgan fingerprint density at radius 3 is 2.53 bits per heavy atom. The fourth-order valence-corrected chi connectivity index (χ4v) is 1.48. The summed E-state index contributed by atoms with van der Waals surface area (Å²) in [6, 6.07) is 7.91. The van der Waals surface area contributed by atoms with Crippen molar-refractivity contribution in [2.24, 2.45) is 0 Å². The van der Waals surface area contributed by atoms with Crippen LogP contribution in [-0.4, -0.2) is 13.1 Å². The van der Waals surface area contributed by atoms with Gasteiger partial charge in [-0.3, -0.25) is 4.79 Å². The number of hydrogen-bond donors (Lipinski definition) is 0. The van der Waals surface area contributed by atoms with Crippen LogP contribution in [0.25, 0.3) is 0 Å². The van der Waals surface area contributed by atoms with E-state index < -0.39 is 0 Å². The van der Waals surface area contributed by atoms with Crippen LogP contribution in [0.5, 0.6) is 0 Å². The minimum absolute atomic E-state index is 0.209. The molecule has 2 heteroatoms. The first-order valence-electron chi connectivity index (χ1n) is 4.94. The van der Waals surface area contributed by atoms with Crippen LogP contribution in [0.2, 0.25) is 0 Å². The fourth-order valence-electron chi connectivity index (χ4n) is 1.48. The molecular weight excluding hydrogens is 188 g/mol. The third-order valence-corrected chi connectivity index (χ3v) is 2.37. The van der Waals surface area contributed by atoms with E-state index in [2.05, 4.69) is 6.58 Å². The molecule has 0 aliphatic heterocycles. The van der Waals surface area contributed by atoms with Crippen LogP contribution >= 0.6 is 0 Å². The molecule has 0 saturated heterocycles. The van der Waals surface area contributed by atoms with E-state index >= 15 is 0 Å². The molecule has 1 aromatic rings. The van der Waals surface area contributed by atoms with Gasteiger partial charge in [0.1, 0.15) is 0 Å². The van der Waals surface area contributed by atoms with E-state index in [0.29, 0.717) is 6.42 Å². The van der Waals surface area contributed by atoms with Gasteiger partial charge in [-0.2, -0.15) is 0 Å². The van der Waals surface area contributed by atoms with Gasteiger partial charge in [-0.05, 0) is 18.9 Å². The maximum atomic E-state index is 11.5. The average Bonchev–Trinajstić information content (AvgIpc) is 2.26. The summed E-state index contributed by atoms with van der Waals surface area (Å²) in [4.78, 5) is 11.5. The predicted octanol–water partition coefficient (Wildman–Crippen LogP) is 2.83. The fraction of sp³-hybridized carbons (Fsp3) is 0.308. The quantitative estimate of drug-likeness (QED) is 0.557. The van der Waals surface area contributed by atoms with Crippen molar-refractivity contribution in [3.8, 4) is 0 Å². The van der Waals surface area contributed by atoms with E-state index in [9.17, 15) is 4.79 Å². The normalized spacial score (nSPS) is 11.9. The molecule has 0 bridgehead atoms. The highest BCUT2D eigenvalue weighted by molar-refractivity contribution is 5.78. The second-order valence-corrected chi connectivity index (χ2v) is 3.51. The molecule has 0 spiro atoms. The Morgan fingerprint density at radius 2 is 2.07 bits per heavy atom. The second-order valence-electron chi connectivity index (χ2n) is 3.51. The third-order valence-electron chi connectivity index (χ3n) is 2.37. The first-order chi connectivity index (χ1) is 7.19. The molecule has 0 amide bonds. The lowest BCUT2D eigenvalue weighted by Crippen LogP contribution is -2.13. The Bertz CT molecular complexity index is 338. The van der Waals surface area contributed by atoms with Crippen molar-refractivity contribution in [3.63, 3.8) is 0 Å². The van der Waals surface area contributed by atoms with E-state index in [1.165, 1.54) is 12.7 Å². The van der Waals surface area contributed by atoms with Crippen molar-refractivity contribution in [1.29, 1.82) is 0 Å². The molecule has 0 radical (unpaired) electrons. The van der Waals surface area contributed by atoms with Crippen LogP contribution in [0.4, 0.5) is 0 Å². The van der Waals surface area contributed by atoms with Gasteiger partial charge in [0.2, 0.25) is 0 Å². The van der Waals surface area contributed by atoms with E-state index in [4.69, 9.17) is 4.74 Å². The van der Waals surface area contributed by atoms with Gasteiger partial charge in [-0.1, -0.05) is 35.9 Å². The molecule has 1 atom stereocenters. The number of benzene rings is 1. The lowest BCUT2D eigenvalue weighted by molar-refractivity contribution is -0.142. The molecule has 0 aliphatic rings. The van der Waals surface area contributed by atoms with Gasteiger partial charge < -0.3 is 4.74 Å². The van der Waals surface area contributed by atoms with Crippen molar-refractivity contribution in [2.75, 3.05) is 7.11 Å². The van der Waals surface area contributed by atoms with Gasteiger partial charge in [0.25, 0.3) is 0 Å². The molecule has 15 heavy (non-hydrogen) atoms. The van der Waals surface area contributed by atoms with Crippen LogP contribution in [0, 0.1) is 6.92 Å². The molecule has 0 saturated carbocycles. The highest BCUT2D eigenvalue weighted by Crippen LogP contribution is 2.21. The number of esters is 1. The van der Waals surface area contributed by atoms with Crippen molar-refractivity contribution in [2.45, 2.75) is 19.3 Å². The molecule has 0 N–H and O–H groups in total. The Hall–Kier alpha value is -1.57. The average molecular weight is 204 g/mol. The number of carbonyl (C=O) groups excluding carboxylic acids is 1. The highest BCUT2D eigenvalue weighted by atomic mass is 16.5. The van der Waals surface area contributed by atoms with Crippen molar-refractivity contribution in [3.05, 3.63) is 48.0 Å². The van der Waals surface area contributed by atoms with Gasteiger partial charge in [0.15, 0.2) is 0 Å². The smallest absolute Gasteiger partial charge is 0.313 e. The monoisotopic (exact) mass is 204 g/mol. The van der Waals surface area contributed by atoms with Crippen molar-refractivity contribution in [1.82, 2.24) is 0 Å². The second kappa shape index (κ2) is 5.35. The molecule has 0 aromatic heterocycles. The Labute approximate surface area is 90.6 Å². The Balaban J connectivity index is 2.93. The van der Waals surface area contributed by atoms with Gasteiger partial charge in [-0.15, -0.1) is 6.58 Å². The van der Waals surface area contributed by atoms with Crippen LogP contribution < -0.4 is 0 Å². The number of rotatable bonds is 4. The highest BCUT2D eigenvalue weighted by Gasteiger charge is 2.19. The Kier molecular flexibility index (Phi) is 4.10. The first kappa shape index (κ1) is 11.5. The Morgan fingerprint density at radius 1 is 1.47 bits per heavy atom. The number of ether oxygens (including phenoxy) is 1. The summed E-state index contributed by atoms with van der Waals surface area (Å²) in [6.45, 7) is 5.67. The number of allylic oxidation sites excluding steroid dienone is 1. The zero-order chi connectivity index (χ0) is 11.3. The molecule has 2 nitrogen and oxygen atoms in total. The number of carbonyl (C=O) groups is 1. The summed E-state index contributed by atoms with van der Waals surface area (Å²) in [5.74, 6) is -0.438. The third kappa shape index (κ3) is 2.94. The summed E-state index contributed by atoms with van der Waals surface area (Å²) in [5, 5.41) is 0. The topological polar surface area (TPSA) is 26.3 Å². The molecule has 0 heterocycles. The van der Waals surface area contributed by atoms with Gasteiger partial charge in [0, 0.05) is 0 Å². The van der Waals surface area contributed by atoms with Crippen LogP contribution in [0.15, 0.2) is 36.9 Å². The van der Waals surface area contributed by atoms with Crippen LogP contribution in [0.1, 0.15) is 23.5 Å². The molecule has 1 rings (SSSR count). The molecule has 1 unspecified atom stereocenters. The van der Waals surface area contributed by atoms with E-state index in [1.807, 2.05) is 31.2 Å². The lowest BCUT2D eigenvalue weighted by Gasteiger charge is -2.12. The molecule has 0 aliphatic carbocycles. The summed E-state index contributed by atoms with van der Waals surface area (Å²) in [7, 11) is 1.41. The zero-order valence-corrected chi connectivity index (χ0v) is 9.19. The van der Waals surface area contributed by atoms with Crippen molar-refractivity contribution < 1.29 is 9.53 Å². The lowest BCUT2D eigenvalue weighted by atomic mass is 9.95. The summed E-state index contributed by atoms with van der Waals surface area (Å²) < 4.78 is 4.76. The summed E-state index contributed by atoms with van der Waals surface area (Å²) in [5.41, 5.74) is 2.16. The van der Waals surface area contributed by atoms with Gasteiger partial charge in [0.05, 0.1) is 13.0 Å². The number of aryl methyl sites for hydroxylation is 1. The SMILES string of the molecule is C=CCC(C(=O)OC)c1ccc(C)cc1. The summed E-state index contributed by atoms with van der Waals surface area (Å²) in [6.07, 6.45) is 2.34. The van der Waals surface area contributed by atoms with Crippen LogP contribution in [-0.2, 0) is 9.53 Å². The number of methoxy groups -OCH3 is 1. The van der Waals surface area contributed by atoms with E-state index in [1.54, 1.807) is 6.08 Å². The molecular formula is C13H16O2. The molecule has 1 aromatic carbocycles. The minimum Gasteiger partial charge on any atom is -0.469 e. The molecule has 80 valence electrons. The van der Waals surface area contributed by atoms with E-state index in [-0.39, 0.29) is 11.9 Å². The van der Waals surface area contributed by atoms with E-state index in [0.717, 1.165) is 5.56 Å². The van der Waals surface area contributed by atoms with Gasteiger partial charge >= 0.3 is 5.97 Å². The maximum absolute atomic E-state index is 11.5. The largest absolute Gasteiger partial charge is 0.469 e. The summed E-state index contributed by atoms with van der Waals surface area (Å²) >= 11 is 0. The first-order valence-corrected chi connectivity index (χ1v) is 4.94. The standard InChI is InChI=1S/C13H16O2/c1-4-5-12(13(14)15-3)11-8-6-10(2)7-9-11/h4,6-9,12H,1,5H2,2-3H3.